The molecule has 0 spiro atoms. The third-order valence-corrected chi connectivity index (χ3v) is 4.08. The highest BCUT2D eigenvalue weighted by atomic mass is 16.5. The molecule has 6 heteroatoms. The molecule has 0 heterocycles. The minimum absolute atomic E-state index is 0.226. The number of methoxy groups -OCH3 is 1. The highest BCUT2D eigenvalue weighted by molar-refractivity contribution is 5.32. The second kappa shape index (κ2) is 12.2. The van der Waals surface area contributed by atoms with Gasteiger partial charge < -0.3 is 24.1 Å². The van der Waals surface area contributed by atoms with Crippen LogP contribution >= 0.6 is 0 Å². The van der Waals surface area contributed by atoms with Crippen LogP contribution in [0.1, 0.15) is 12.5 Å². The number of hydrogen-bond donors (Lipinski definition) is 1. The summed E-state index contributed by atoms with van der Waals surface area (Å²) in [5, 5.41) is 10.2. The molecule has 154 valence electrons. The van der Waals surface area contributed by atoms with Gasteiger partial charge in [-0.15, -0.1) is 0 Å². The van der Waals surface area contributed by atoms with Crippen LogP contribution < -0.4 is 14.2 Å². The topological polar surface area (TPSA) is 60.4 Å². The molecule has 2 rings (SSSR count). The molecule has 1 atom stereocenters. The Balaban J connectivity index is 1.71. The first-order valence-corrected chi connectivity index (χ1v) is 9.53. The van der Waals surface area contributed by atoms with Gasteiger partial charge in [-0.05, 0) is 43.8 Å². The van der Waals surface area contributed by atoms with Gasteiger partial charge in [0.05, 0.1) is 13.7 Å². The smallest absolute Gasteiger partial charge is 0.123 e. The van der Waals surface area contributed by atoms with Gasteiger partial charge in [0.15, 0.2) is 0 Å². The highest BCUT2D eigenvalue weighted by Crippen LogP contribution is 2.19. The van der Waals surface area contributed by atoms with Crippen LogP contribution in [0.4, 0.5) is 0 Å². The van der Waals surface area contributed by atoms with E-state index >= 15 is 0 Å². The van der Waals surface area contributed by atoms with E-state index in [1.54, 1.807) is 13.2 Å². The molecule has 0 radical (unpaired) electrons. The van der Waals surface area contributed by atoms with Crippen molar-refractivity contribution in [3.63, 3.8) is 0 Å². The van der Waals surface area contributed by atoms with Gasteiger partial charge in [-0.1, -0.05) is 18.2 Å². The van der Waals surface area contributed by atoms with Gasteiger partial charge in [0.25, 0.3) is 0 Å². The molecule has 2 aromatic carbocycles. The van der Waals surface area contributed by atoms with E-state index in [2.05, 4.69) is 4.90 Å². The second-order valence-corrected chi connectivity index (χ2v) is 6.53. The van der Waals surface area contributed by atoms with Gasteiger partial charge in [-0.25, -0.2) is 0 Å². The lowest BCUT2D eigenvalue weighted by Crippen LogP contribution is -2.32. The molecule has 0 saturated carbocycles. The van der Waals surface area contributed by atoms with E-state index in [0.717, 1.165) is 23.6 Å². The van der Waals surface area contributed by atoms with E-state index in [9.17, 15) is 5.11 Å². The fourth-order valence-corrected chi connectivity index (χ4v) is 2.73. The molecule has 0 aliphatic carbocycles. The van der Waals surface area contributed by atoms with Crippen LogP contribution in [0.3, 0.4) is 0 Å². The van der Waals surface area contributed by atoms with Gasteiger partial charge in [-0.2, -0.15) is 0 Å². The predicted octanol–water partition coefficient (Wildman–Crippen LogP) is 2.98. The SMILES string of the molecule is CCOCCOc1ccc(CN(C)CC(O)COc2cccc(OC)c2)cc1. The van der Waals surface area contributed by atoms with Crippen molar-refractivity contribution in [3.8, 4) is 17.2 Å². The molecule has 0 saturated heterocycles. The van der Waals surface area contributed by atoms with Crippen LogP contribution in [0.2, 0.25) is 0 Å². The van der Waals surface area contributed by atoms with Crippen LogP contribution in [0.25, 0.3) is 0 Å². The summed E-state index contributed by atoms with van der Waals surface area (Å²) in [6, 6.07) is 15.3. The van der Waals surface area contributed by atoms with Crippen LogP contribution in [0.15, 0.2) is 48.5 Å². The van der Waals surface area contributed by atoms with Gasteiger partial charge >= 0.3 is 0 Å². The summed E-state index contributed by atoms with van der Waals surface area (Å²) in [4.78, 5) is 2.06. The number of hydrogen-bond acceptors (Lipinski definition) is 6. The molecule has 0 aliphatic heterocycles. The maximum atomic E-state index is 10.2. The summed E-state index contributed by atoms with van der Waals surface area (Å²) in [5.74, 6) is 2.24. The van der Waals surface area contributed by atoms with Crippen molar-refractivity contribution in [1.82, 2.24) is 4.90 Å². The Hall–Kier alpha value is -2.28. The van der Waals surface area contributed by atoms with E-state index < -0.39 is 6.10 Å². The van der Waals surface area contributed by atoms with Crippen LogP contribution in [0, 0.1) is 0 Å². The fourth-order valence-electron chi connectivity index (χ4n) is 2.73. The Kier molecular flexibility index (Phi) is 9.62. The molecule has 6 nitrogen and oxygen atoms in total. The van der Waals surface area contributed by atoms with Gasteiger partial charge in [0, 0.05) is 25.8 Å². The maximum Gasteiger partial charge on any atom is 0.123 e. The average molecular weight is 389 g/mol. The lowest BCUT2D eigenvalue weighted by Gasteiger charge is -2.21. The lowest BCUT2D eigenvalue weighted by atomic mass is 10.2. The Morgan fingerprint density at radius 2 is 1.71 bits per heavy atom. The van der Waals surface area contributed by atoms with Gasteiger partial charge in [0.1, 0.15) is 36.6 Å². The van der Waals surface area contributed by atoms with Crippen molar-refractivity contribution in [1.29, 1.82) is 0 Å². The Morgan fingerprint density at radius 1 is 0.964 bits per heavy atom. The summed E-state index contributed by atoms with van der Waals surface area (Å²) in [7, 11) is 3.59. The van der Waals surface area contributed by atoms with Crippen molar-refractivity contribution in [2.24, 2.45) is 0 Å². The van der Waals surface area contributed by atoms with Crippen molar-refractivity contribution < 1.29 is 24.1 Å². The molecule has 0 aliphatic rings. The molecule has 1 N–H and O–H groups in total. The summed E-state index contributed by atoms with van der Waals surface area (Å²) in [6.07, 6.45) is -0.586. The molecule has 0 bridgehead atoms. The molecular weight excluding hydrogens is 358 g/mol. The van der Waals surface area contributed by atoms with E-state index in [1.165, 1.54) is 0 Å². The molecule has 28 heavy (non-hydrogen) atoms. The molecular formula is C22H31NO5. The molecule has 0 fully saturated rings. The Bertz CT molecular complexity index is 677. The van der Waals surface area contributed by atoms with E-state index in [0.29, 0.717) is 32.1 Å². The van der Waals surface area contributed by atoms with Gasteiger partial charge in [-0.3, -0.25) is 4.90 Å². The van der Waals surface area contributed by atoms with Crippen molar-refractivity contribution >= 4 is 0 Å². The molecule has 2 aromatic rings. The van der Waals surface area contributed by atoms with Crippen molar-refractivity contribution in [3.05, 3.63) is 54.1 Å². The van der Waals surface area contributed by atoms with E-state index in [-0.39, 0.29) is 6.61 Å². The molecule has 0 amide bonds. The highest BCUT2D eigenvalue weighted by Gasteiger charge is 2.10. The van der Waals surface area contributed by atoms with Crippen LogP contribution in [-0.2, 0) is 11.3 Å². The third kappa shape index (κ3) is 8.17. The fraction of sp³-hybridized carbons (Fsp3) is 0.455. The second-order valence-electron chi connectivity index (χ2n) is 6.53. The maximum absolute atomic E-state index is 10.2. The quantitative estimate of drug-likeness (QED) is 0.532. The van der Waals surface area contributed by atoms with Crippen LogP contribution in [-0.4, -0.2) is 63.2 Å². The average Bonchev–Trinajstić information content (AvgIpc) is 2.71. The Labute approximate surface area is 167 Å². The summed E-state index contributed by atoms with van der Waals surface area (Å²) in [6.45, 7) is 5.28. The predicted molar refractivity (Wildman–Crippen MR) is 109 cm³/mol. The summed E-state index contributed by atoms with van der Waals surface area (Å²) >= 11 is 0. The standard InChI is InChI=1S/C22H31NO5/c1-4-26-12-13-27-20-10-8-18(9-11-20)15-23(2)16-19(24)17-28-22-7-5-6-21(14-22)25-3/h5-11,14,19,24H,4,12-13,15-17H2,1-3H3. The Morgan fingerprint density at radius 3 is 2.43 bits per heavy atom. The number of nitrogens with zero attached hydrogens (tertiary/aromatic N) is 1. The van der Waals surface area contributed by atoms with Crippen LogP contribution in [0.5, 0.6) is 17.2 Å². The lowest BCUT2D eigenvalue weighted by molar-refractivity contribution is 0.0743. The number of aliphatic hydroxyl groups is 1. The summed E-state index contributed by atoms with van der Waals surface area (Å²) < 4.78 is 21.7. The molecule has 0 aromatic heterocycles. The van der Waals surface area contributed by atoms with E-state index in [1.807, 2.05) is 56.4 Å². The number of likely N-dealkylation sites (N-methyl/N-ethyl adjacent to an activating group) is 1. The molecule has 1 unspecified atom stereocenters. The van der Waals surface area contributed by atoms with Gasteiger partial charge in [0.2, 0.25) is 0 Å². The van der Waals surface area contributed by atoms with Crippen molar-refractivity contribution in [2.75, 3.05) is 47.1 Å². The number of benzene rings is 2. The largest absolute Gasteiger partial charge is 0.497 e. The zero-order chi connectivity index (χ0) is 20.2. The number of aliphatic hydroxyl groups excluding tert-OH is 1. The zero-order valence-electron chi connectivity index (χ0n) is 17.0. The first-order valence-electron chi connectivity index (χ1n) is 9.53. The normalized spacial score (nSPS) is 12.0. The van der Waals surface area contributed by atoms with Crippen molar-refractivity contribution in [2.45, 2.75) is 19.6 Å². The van der Waals surface area contributed by atoms with E-state index in [4.69, 9.17) is 18.9 Å². The number of ether oxygens (including phenoxy) is 4. The minimum Gasteiger partial charge on any atom is -0.497 e. The first-order chi connectivity index (χ1) is 13.6. The zero-order valence-corrected chi connectivity index (χ0v) is 17.0. The summed E-state index contributed by atoms with van der Waals surface area (Å²) in [5.41, 5.74) is 1.15. The monoisotopic (exact) mass is 389 g/mol. The third-order valence-electron chi connectivity index (χ3n) is 4.08. The first kappa shape index (κ1) is 22.0. The minimum atomic E-state index is -0.586. The number of rotatable bonds is 13.